The number of benzene rings is 2. The highest BCUT2D eigenvalue weighted by molar-refractivity contribution is 6.31. The normalized spacial score (nSPS) is 12.2. The van der Waals surface area contributed by atoms with Gasteiger partial charge in [0.2, 0.25) is 0 Å². The Morgan fingerprint density at radius 1 is 1.23 bits per heavy atom. The number of nitrogens with zero attached hydrogens (tertiary/aromatic N) is 2. The van der Waals surface area contributed by atoms with Gasteiger partial charge >= 0.3 is 0 Å². The number of hydrogen-bond acceptors (Lipinski definition) is 3. The first-order valence-corrected chi connectivity index (χ1v) is 8.84. The molecule has 5 nitrogen and oxygen atoms in total. The average molecular weight is 370 g/mol. The maximum absolute atomic E-state index is 12.6. The largest absolute Gasteiger partial charge is 0.342 e. The minimum atomic E-state index is -0.436. The van der Waals surface area contributed by atoms with Crippen LogP contribution in [0.1, 0.15) is 41.6 Å². The van der Waals surface area contributed by atoms with Crippen LogP contribution in [0.4, 0.5) is 0 Å². The topological polar surface area (TPSA) is 64.0 Å². The molecule has 1 amide bonds. The third-order valence-electron chi connectivity index (χ3n) is 4.43. The van der Waals surface area contributed by atoms with E-state index in [1.54, 1.807) is 44.3 Å². The Morgan fingerprint density at radius 3 is 2.58 bits per heavy atom. The summed E-state index contributed by atoms with van der Waals surface area (Å²) in [6.07, 6.45) is 0.921. The van der Waals surface area contributed by atoms with Crippen LogP contribution in [-0.4, -0.2) is 15.5 Å². The van der Waals surface area contributed by atoms with E-state index in [-0.39, 0.29) is 11.5 Å². The van der Waals surface area contributed by atoms with Crippen LogP contribution in [-0.2, 0) is 13.5 Å². The molecule has 0 radical (unpaired) electrons. The van der Waals surface area contributed by atoms with Gasteiger partial charge in [0, 0.05) is 17.6 Å². The van der Waals surface area contributed by atoms with Crippen molar-refractivity contribution in [3.05, 3.63) is 74.8 Å². The van der Waals surface area contributed by atoms with Crippen LogP contribution in [0.5, 0.6) is 0 Å². The van der Waals surface area contributed by atoms with E-state index >= 15 is 0 Å². The second-order valence-electron chi connectivity index (χ2n) is 6.24. The van der Waals surface area contributed by atoms with Crippen molar-refractivity contribution in [1.82, 2.24) is 14.9 Å². The number of rotatable bonds is 4. The van der Waals surface area contributed by atoms with Gasteiger partial charge < -0.3 is 5.32 Å². The van der Waals surface area contributed by atoms with Crippen molar-refractivity contribution in [1.29, 1.82) is 0 Å². The minimum absolute atomic E-state index is 0.171. The van der Waals surface area contributed by atoms with Crippen LogP contribution in [0.2, 0.25) is 5.02 Å². The minimum Gasteiger partial charge on any atom is -0.342 e. The molecule has 1 unspecified atom stereocenters. The van der Waals surface area contributed by atoms with Gasteiger partial charge in [-0.1, -0.05) is 30.7 Å². The molecule has 3 rings (SSSR count). The summed E-state index contributed by atoms with van der Waals surface area (Å²) in [6, 6.07) is 12.0. The van der Waals surface area contributed by atoms with Gasteiger partial charge in [0.05, 0.1) is 16.9 Å². The fourth-order valence-corrected chi connectivity index (χ4v) is 3.05. The molecule has 0 fully saturated rings. The fraction of sp³-hybridized carbons (Fsp3) is 0.250. The number of hydrogen-bond donors (Lipinski definition) is 1. The van der Waals surface area contributed by atoms with E-state index in [2.05, 4.69) is 17.2 Å². The molecule has 1 heterocycles. The number of amides is 1. The smallest absolute Gasteiger partial charge is 0.261 e. The molecule has 0 saturated carbocycles. The van der Waals surface area contributed by atoms with Crippen molar-refractivity contribution in [3.8, 4) is 0 Å². The molecule has 0 spiro atoms. The lowest BCUT2D eigenvalue weighted by Crippen LogP contribution is -2.32. The molecule has 26 heavy (non-hydrogen) atoms. The number of carbonyl (C=O) groups excluding carboxylic acids is 1. The summed E-state index contributed by atoms with van der Waals surface area (Å²) in [4.78, 5) is 29.6. The van der Waals surface area contributed by atoms with Crippen molar-refractivity contribution < 1.29 is 4.79 Å². The third kappa shape index (κ3) is 3.48. The summed E-state index contributed by atoms with van der Waals surface area (Å²) < 4.78 is 1.46. The molecule has 134 valence electrons. The number of nitrogens with one attached hydrogen (secondary N) is 1. The second-order valence-corrected chi connectivity index (χ2v) is 6.68. The highest BCUT2D eigenvalue weighted by Crippen LogP contribution is 2.18. The molecule has 2 aromatic carbocycles. The van der Waals surface area contributed by atoms with E-state index in [0.717, 1.165) is 6.42 Å². The monoisotopic (exact) mass is 369 g/mol. The second kappa shape index (κ2) is 7.30. The zero-order valence-corrected chi connectivity index (χ0v) is 15.7. The molecule has 0 aliphatic carbocycles. The third-order valence-corrected chi connectivity index (χ3v) is 4.67. The first-order valence-electron chi connectivity index (χ1n) is 8.46. The van der Waals surface area contributed by atoms with Crippen LogP contribution >= 0.6 is 11.6 Å². The first kappa shape index (κ1) is 18.1. The number of fused-ring (bicyclic) bond motifs is 1. The van der Waals surface area contributed by atoms with Gasteiger partial charge in [-0.05, 0) is 49.2 Å². The summed E-state index contributed by atoms with van der Waals surface area (Å²) >= 11 is 6.01. The highest BCUT2D eigenvalue weighted by atomic mass is 35.5. The van der Waals surface area contributed by atoms with Crippen molar-refractivity contribution in [3.63, 3.8) is 0 Å². The van der Waals surface area contributed by atoms with Crippen LogP contribution in [0.15, 0.2) is 47.3 Å². The van der Waals surface area contributed by atoms with Crippen LogP contribution < -0.4 is 10.9 Å². The maximum atomic E-state index is 12.6. The van der Waals surface area contributed by atoms with Gasteiger partial charge in [0.1, 0.15) is 5.82 Å². The Bertz CT molecular complexity index is 1030. The lowest BCUT2D eigenvalue weighted by molar-refractivity contribution is 0.0937. The van der Waals surface area contributed by atoms with Crippen LogP contribution in [0.3, 0.4) is 0 Å². The van der Waals surface area contributed by atoms with Gasteiger partial charge in [-0.15, -0.1) is 0 Å². The van der Waals surface area contributed by atoms with E-state index < -0.39 is 6.04 Å². The van der Waals surface area contributed by atoms with Crippen molar-refractivity contribution in [2.24, 2.45) is 7.05 Å². The van der Waals surface area contributed by atoms with E-state index in [4.69, 9.17) is 11.6 Å². The predicted octanol–water partition coefficient (Wildman–Crippen LogP) is 3.64. The molecule has 0 aliphatic rings. The molecule has 0 saturated heterocycles. The van der Waals surface area contributed by atoms with Crippen LogP contribution in [0.25, 0.3) is 10.9 Å². The number of aromatic nitrogens is 2. The summed E-state index contributed by atoms with van der Waals surface area (Å²) in [5, 5.41) is 3.91. The molecule has 1 N–H and O–H groups in total. The molecule has 1 atom stereocenters. The van der Waals surface area contributed by atoms with Crippen molar-refractivity contribution >= 4 is 28.4 Å². The summed E-state index contributed by atoms with van der Waals surface area (Å²) in [5.41, 5.74) is 2.09. The van der Waals surface area contributed by atoms with E-state index in [1.807, 2.05) is 12.1 Å². The zero-order valence-electron chi connectivity index (χ0n) is 14.9. The molecular formula is C20H20ClN3O2. The van der Waals surface area contributed by atoms with Gasteiger partial charge in [0.25, 0.3) is 11.5 Å². The summed E-state index contributed by atoms with van der Waals surface area (Å²) in [7, 11) is 1.65. The van der Waals surface area contributed by atoms with Crippen molar-refractivity contribution in [2.75, 3.05) is 0 Å². The van der Waals surface area contributed by atoms with Gasteiger partial charge in [-0.2, -0.15) is 0 Å². The Kier molecular flexibility index (Phi) is 5.09. The lowest BCUT2D eigenvalue weighted by Gasteiger charge is -2.17. The Labute approximate surface area is 156 Å². The standard InChI is InChI=1S/C20H20ClN3O2/c1-4-13-5-7-14(8-6-13)19(25)22-12(2)18-23-17-11-15(21)9-10-16(17)20(26)24(18)3/h5-12H,4H2,1-3H3,(H,22,25). The molecular weight excluding hydrogens is 350 g/mol. The molecule has 3 aromatic rings. The quantitative estimate of drug-likeness (QED) is 0.763. The Hall–Kier alpha value is -2.66. The lowest BCUT2D eigenvalue weighted by atomic mass is 10.1. The SMILES string of the molecule is CCc1ccc(C(=O)NC(C)c2nc3cc(Cl)ccc3c(=O)n2C)cc1. The van der Waals surface area contributed by atoms with E-state index in [9.17, 15) is 9.59 Å². The molecule has 1 aromatic heterocycles. The molecule has 6 heteroatoms. The molecule has 0 bridgehead atoms. The van der Waals surface area contributed by atoms with Crippen molar-refractivity contribution in [2.45, 2.75) is 26.3 Å². The number of halogens is 1. The van der Waals surface area contributed by atoms with Gasteiger partial charge in [-0.3, -0.25) is 14.2 Å². The van der Waals surface area contributed by atoms with E-state index in [0.29, 0.717) is 27.3 Å². The van der Waals surface area contributed by atoms with Crippen LogP contribution in [0, 0.1) is 0 Å². The maximum Gasteiger partial charge on any atom is 0.261 e. The highest BCUT2D eigenvalue weighted by Gasteiger charge is 2.17. The first-order chi connectivity index (χ1) is 12.4. The summed E-state index contributed by atoms with van der Waals surface area (Å²) in [5.74, 6) is 0.267. The average Bonchev–Trinajstić information content (AvgIpc) is 2.64. The van der Waals surface area contributed by atoms with E-state index in [1.165, 1.54) is 10.1 Å². The zero-order chi connectivity index (χ0) is 18.8. The Morgan fingerprint density at radius 2 is 1.92 bits per heavy atom. The number of carbonyl (C=O) groups is 1. The Balaban J connectivity index is 1.91. The summed E-state index contributed by atoms with van der Waals surface area (Å²) in [6.45, 7) is 3.87. The van der Waals surface area contributed by atoms with Gasteiger partial charge in [-0.25, -0.2) is 4.98 Å². The van der Waals surface area contributed by atoms with Gasteiger partial charge in [0.15, 0.2) is 0 Å². The predicted molar refractivity (Wildman–Crippen MR) is 104 cm³/mol. The number of aryl methyl sites for hydroxylation is 1. The molecule has 0 aliphatic heterocycles. The fourth-order valence-electron chi connectivity index (χ4n) is 2.88.